The van der Waals surface area contributed by atoms with Crippen LogP contribution in [-0.4, -0.2) is 42.1 Å². The van der Waals surface area contributed by atoms with Crippen LogP contribution in [0.1, 0.15) is 30.1 Å². The van der Waals surface area contributed by atoms with Gasteiger partial charge in [-0.05, 0) is 50.0 Å². The van der Waals surface area contributed by atoms with Gasteiger partial charge in [0.1, 0.15) is 5.75 Å². The van der Waals surface area contributed by atoms with E-state index in [1.807, 2.05) is 0 Å². The highest BCUT2D eigenvalue weighted by Crippen LogP contribution is 2.21. The fourth-order valence-corrected chi connectivity index (χ4v) is 2.69. The first-order valence-corrected chi connectivity index (χ1v) is 7.43. The molecule has 0 radical (unpaired) electrons. The average Bonchev–Trinajstić information content (AvgIpc) is 2.91. The first-order chi connectivity index (χ1) is 9.56. The van der Waals surface area contributed by atoms with Gasteiger partial charge in [0, 0.05) is 18.1 Å². The minimum Gasteiger partial charge on any atom is -0.507 e. The minimum atomic E-state index is -0.279. The molecule has 1 atom stereocenters. The molecule has 0 bridgehead atoms. The van der Waals surface area contributed by atoms with Gasteiger partial charge in [0.05, 0.1) is 5.56 Å². The number of amides is 1. The van der Waals surface area contributed by atoms with Crippen molar-refractivity contribution in [1.29, 1.82) is 0 Å². The van der Waals surface area contributed by atoms with Gasteiger partial charge in [-0.3, -0.25) is 4.79 Å². The highest BCUT2D eigenvalue weighted by Gasteiger charge is 2.16. The molecule has 20 heavy (non-hydrogen) atoms. The van der Waals surface area contributed by atoms with Crippen molar-refractivity contribution in [1.82, 2.24) is 10.2 Å². The van der Waals surface area contributed by atoms with Crippen LogP contribution in [0.25, 0.3) is 0 Å². The molecule has 110 valence electrons. The fourth-order valence-electron chi connectivity index (χ4n) is 2.52. The van der Waals surface area contributed by atoms with Crippen molar-refractivity contribution in [3.05, 3.63) is 28.8 Å². The molecule has 1 heterocycles. The van der Waals surface area contributed by atoms with Crippen molar-refractivity contribution in [2.24, 2.45) is 5.92 Å². The zero-order valence-corrected chi connectivity index (χ0v) is 12.5. The van der Waals surface area contributed by atoms with E-state index < -0.39 is 0 Å². The Labute approximate surface area is 124 Å². The van der Waals surface area contributed by atoms with Crippen LogP contribution in [0.2, 0.25) is 5.02 Å². The van der Waals surface area contributed by atoms with Gasteiger partial charge in [0.25, 0.3) is 5.91 Å². The largest absolute Gasteiger partial charge is 0.507 e. The lowest BCUT2D eigenvalue weighted by molar-refractivity contribution is 0.0942. The van der Waals surface area contributed by atoms with E-state index >= 15 is 0 Å². The van der Waals surface area contributed by atoms with Gasteiger partial charge in [-0.1, -0.05) is 18.5 Å². The van der Waals surface area contributed by atoms with Gasteiger partial charge in [-0.2, -0.15) is 0 Å². The number of benzene rings is 1. The lowest BCUT2D eigenvalue weighted by Gasteiger charge is -2.20. The zero-order valence-electron chi connectivity index (χ0n) is 11.7. The Balaban J connectivity index is 1.83. The second kappa shape index (κ2) is 6.95. The molecule has 2 rings (SSSR count). The van der Waals surface area contributed by atoms with Crippen molar-refractivity contribution in [3.8, 4) is 5.75 Å². The number of carbonyl (C=O) groups excluding carboxylic acids is 1. The van der Waals surface area contributed by atoms with E-state index in [0.717, 1.165) is 19.6 Å². The third-order valence-electron chi connectivity index (χ3n) is 3.58. The SMILES string of the molecule is CC(CNC(=O)c1cc(Cl)ccc1O)CN1CCCC1. The van der Waals surface area contributed by atoms with E-state index in [-0.39, 0.29) is 17.2 Å². The predicted molar refractivity (Wildman–Crippen MR) is 80.3 cm³/mol. The zero-order chi connectivity index (χ0) is 14.5. The van der Waals surface area contributed by atoms with E-state index in [1.165, 1.54) is 25.0 Å². The molecule has 1 aromatic rings. The first kappa shape index (κ1) is 15.1. The van der Waals surface area contributed by atoms with Gasteiger partial charge in [-0.25, -0.2) is 0 Å². The molecule has 0 saturated carbocycles. The molecule has 5 heteroatoms. The Hall–Kier alpha value is -1.26. The van der Waals surface area contributed by atoms with Crippen LogP contribution in [0.15, 0.2) is 18.2 Å². The number of carbonyl (C=O) groups is 1. The topological polar surface area (TPSA) is 52.6 Å². The third-order valence-corrected chi connectivity index (χ3v) is 3.82. The molecule has 1 aliphatic rings. The molecule has 1 aromatic carbocycles. The summed E-state index contributed by atoms with van der Waals surface area (Å²) in [5.74, 6) is 0.0655. The molecule has 2 N–H and O–H groups in total. The Bertz CT molecular complexity index is 473. The van der Waals surface area contributed by atoms with Crippen LogP contribution in [0.3, 0.4) is 0 Å². The Morgan fingerprint density at radius 2 is 2.15 bits per heavy atom. The molecule has 0 aromatic heterocycles. The Morgan fingerprint density at radius 3 is 2.85 bits per heavy atom. The average molecular weight is 297 g/mol. The third kappa shape index (κ3) is 4.12. The number of rotatable bonds is 5. The van der Waals surface area contributed by atoms with Crippen molar-refractivity contribution in [2.75, 3.05) is 26.2 Å². The number of phenols is 1. The quantitative estimate of drug-likeness (QED) is 0.878. The molecule has 0 aliphatic carbocycles. The summed E-state index contributed by atoms with van der Waals surface area (Å²) in [5, 5.41) is 13.0. The summed E-state index contributed by atoms with van der Waals surface area (Å²) < 4.78 is 0. The molecular weight excluding hydrogens is 276 g/mol. The highest BCUT2D eigenvalue weighted by molar-refractivity contribution is 6.31. The Morgan fingerprint density at radius 1 is 1.45 bits per heavy atom. The van der Waals surface area contributed by atoms with Gasteiger partial charge >= 0.3 is 0 Å². The number of nitrogens with one attached hydrogen (secondary N) is 1. The minimum absolute atomic E-state index is 0.0425. The van der Waals surface area contributed by atoms with Crippen LogP contribution in [0.4, 0.5) is 0 Å². The number of aromatic hydroxyl groups is 1. The number of nitrogens with zero attached hydrogens (tertiary/aromatic N) is 1. The van der Waals surface area contributed by atoms with E-state index in [9.17, 15) is 9.90 Å². The molecule has 1 saturated heterocycles. The maximum Gasteiger partial charge on any atom is 0.255 e. The van der Waals surface area contributed by atoms with Crippen LogP contribution >= 0.6 is 11.6 Å². The Kier molecular flexibility index (Phi) is 5.26. The summed E-state index contributed by atoms with van der Waals surface area (Å²) in [6.07, 6.45) is 2.55. The summed E-state index contributed by atoms with van der Waals surface area (Å²) in [5.41, 5.74) is 0.228. The number of hydrogen-bond donors (Lipinski definition) is 2. The lowest BCUT2D eigenvalue weighted by Crippen LogP contribution is -2.34. The smallest absolute Gasteiger partial charge is 0.255 e. The number of likely N-dealkylation sites (tertiary alicyclic amines) is 1. The van der Waals surface area contributed by atoms with E-state index in [1.54, 1.807) is 6.07 Å². The fraction of sp³-hybridized carbons (Fsp3) is 0.533. The second-order valence-electron chi connectivity index (χ2n) is 5.48. The normalized spacial score (nSPS) is 17.1. The highest BCUT2D eigenvalue weighted by atomic mass is 35.5. The van der Waals surface area contributed by atoms with Crippen LogP contribution in [0.5, 0.6) is 5.75 Å². The van der Waals surface area contributed by atoms with E-state index in [4.69, 9.17) is 11.6 Å². The summed E-state index contributed by atoms with van der Waals surface area (Å²) in [4.78, 5) is 14.4. The molecule has 0 spiro atoms. The number of phenolic OH excluding ortho intramolecular Hbond substituents is 1. The predicted octanol–water partition coefficient (Wildman–Crippen LogP) is 2.51. The standard InChI is InChI=1S/C15H21ClN2O2/c1-11(10-18-6-2-3-7-18)9-17-15(20)13-8-12(16)4-5-14(13)19/h4-5,8,11,19H,2-3,6-7,9-10H2,1H3,(H,17,20). The molecule has 1 aliphatic heterocycles. The summed E-state index contributed by atoms with van der Waals surface area (Å²) in [7, 11) is 0. The summed E-state index contributed by atoms with van der Waals surface area (Å²) in [6.45, 7) is 6.04. The van der Waals surface area contributed by atoms with Gasteiger partial charge < -0.3 is 15.3 Å². The molecular formula is C15H21ClN2O2. The van der Waals surface area contributed by atoms with Crippen molar-refractivity contribution < 1.29 is 9.90 Å². The van der Waals surface area contributed by atoms with Crippen molar-refractivity contribution >= 4 is 17.5 Å². The van der Waals surface area contributed by atoms with Gasteiger partial charge in [0.2, 0.25) is 0 Å². The maximum absolute atomic E-state index is 12.0. The molecule has 1 fully saturated rings. The van der Waals surface area contributed by atoms with Crippen LogP contribution in [-0.2, 0) is 0 Å². The summed E-state index contributed by atoms with van der Waals surface area (Å²) >= 11 is 5.84. The van der Waals surface area contributed by atoms with Crippen LogP contribution in [0, 0.1) is 5.92 Å². The monoisotopic (exact) mass is 296 g/mol. The van der Waals surface area contributed by atoms with Crippen LogP contribution < -0.4 is 5.32 Å². The summed E-state index contributed by atoms with van der Waals surface area (Å²) in [6, 6.07) is 4.48. The van der Waals surface area contributed by atoms with E-state index in [2.05, 4.69) is 17.1 Å². The second-order valence-corrected chi connectivity index (χ2v) is 5.92. The molecule has 4 nitrogen and oxygen atoms in total. The van der Waals surface area contributed by atoms with Crippen molar-refractivity contribution in [2.45, 2.75) is 19.8 Å². The first-order valence-electron chi connectivity index (χ1n) is 7.05. The molecule has 1 unspecified atom stereocenters. The van der Waals surface area contributed by atoms with Crippen molar-refractivity contribution in [3.63, 3.8) is 0 Å². The lowest BCUT2D eigenvalue weighted by atomic mass is 10.1. The van der Waals surface area contributed by atoms with Gasteiger partial charge in [-0.15, -0.1) is 0 Å². The van der Waals surface area contributed by atoms with E-state index in [0.29, 0.717) is 17.5 Å². The number of hydrogen-bond acceptors (Lipinski definition) is 3. The van der Waals surface area contributed by atoms with Gasteiger partial charge in [0.15, 0.2) is 0 Å². The maximum atomic E-state index is 12.0. The number of halogens is 1. The molecule has 1 amide bonds.